The number of fused-ring (bicyclic) bond motifs is 1. The van der Waals surface area contributed by atoms with E-state index in [9.17, 15) is 19.7 Å². The third kappa shape index (κ3) is 4.01. The molecular formula is C23H23N3O5. The second-order valence-corrected chi connectivity index (χ2v) is 7.65. The smallest absolute Gasteiger partial charge is 0.294 e. The Kier molecular flexibility index (Phi) is 5.70. The van der Waals surface area contributed by atoms with Gasteiger partial charge in [0.15, 0.2) is 0 Å². The van der Waals surface area contributed by atoms with E-state index in [1.807, 2.05) is 36.4 Å². The average molecular weight is 421 g/mol. The van der Waals surface area contributed by atoms with Crippen molar-refractivity contribution >= 4 is 28.9 Å². The molecule has 2 atom stereocenters. The Balaban J connectivity index is 1.51. The third-order valence-electron chi connectivity index (χ3n) is 5.81. The molecule has 8 heteroatoms. The molecule has 160 valence electrons. The number of nitrogens with one attached hydrogen (secondary N) is 1. The summed E-state index contributed by atoms with van der Waals surface area (Å²) in [5.74, 6) is -0.572. The molecule has 2 aliphatic rings. The standard InChI is InChI=1S/C23H23N3O5/c1-31-17-6-4-5-15(13-17)11-12-24-20-10-9-16(14-21(20)26(29)30)25-22(27)18-7-2-3-8-19(18)23(25)28/h2-6,9-10,13-14,18-19,24H,7-8,11-12H2,1H3. The van der Waals surface area contributed by atoms with Crippen LogP contribution >= 0.6 is 0 Å². The van der Waals surface area contributed by atoms with Crippen LogP contribution in [0.3, 0.4) is 0 Å². The maximum Gasteiger partial charge on any atom is 0.294 e. The van der Waals surface area contributed by atoms with Crippen molar-refractivity contribution in [3.63, 3.8) is 0 Å². The largest absolute Gasteiger partial charge is 0.497 e. The van der Waals surface area contributed by atoms with E-state index in [-0.39, 0.29) is 35.0 Å². The Bertz CT molecular complexity index is 1040. The lowest BCUT2D eigenvalue weighted by Gasteiger charge is -2.16. The number of anilines is 2. The predicted molar refractivity (Wildman–Crippen MR) is 116 cm³/mol. The molecule has 0 spiro atoms. The summed E-state index contributed by atoms with van der Waals surface area (Å²) < 4.78 is 5.21. The highest BCUT2D eigenvalue weighted by Crippen LogP contribution is 2.39. The van der Waals surface area contributed by atoms with Crippen LogP contribution < -0.4 is 15.0 Å². The molecule has 1 saturated heterocycles. The van der Waals surface area contributed by atoms with Gasteiger partial charge in [-0.15, -0.1) is 0 Å². The number of nitro groups is 1. The number of hydrogen-bond acceptors (Lipinski definition) is 6. The number of carbonyl (C=O) groups is 2. The van der Waals surface area contributed by atoms with E-state index >= 15 is 0 Å². The molecular weight excluding hydrogens is 398 g/mol. The number of benzene rings is 2. The summed E-state index contributed by atoms with van der Waals surface area (Å²) in [6.45, 7) is 0.477. The van der Waals surface area contributed by atoms with E-state index in [4.69, 9.17) is 4.74 Å². The molecule has 8 nitrogen and oxygen atoms in total. The van der Waals surface area contributed by atoms with Crippen LogP contribution in [0.5, 0.6) is 5.75 Å². The molecule has 0 radical (unpaired) electrons. The highest BCUT2D eigenvalue weighted by Gasteiger charge is 2.48. The van der Waals surface area contributed by atoms with Crippen molar-refractivity contribution in [2.45, 2.75) is 19.3 Å². The molecule has 1 aliphatic carbocycles. The van der Waals surface area contributed by atoms with Crippen LogP contribution in [0.4, 0.5) is 17.1 Å². The summed E-state index contributed by atoms with van der Waals surface area (Å²) in [7, 11) is 1.60. The summed E-state index contributed by atoms with van der Waals surface area (Å²) in [5.41, 5.74) is 1.46. The molecule has 1 fully saturated rings. The molecule has 2 aromatic carbocycles. The number of hydrogen-bond donors (Lipinski definition) is 1. The van der Waals surface area contributed by atoms with Crippen LogP contribution in [0.2, 0.25) is 0 Å². The van der Waals surface area contributed by atoms with Crippen molar-refractivity contribution in [1.82, 2.24) is 0 Å². The van der Waals surface area contributed by atoms with E-state index in [0.717, 1.165) is 16.2 Å². The lowest BCUT2D eigenvalue weighted by Crippen LogP contribution is -2.30. The van der Waals surface area contributed by atoms with Gasteiger partial charge in [0.25, 0.3) is 5.69 Å². The molecule has 1 heterocycles. The van der Waals surface area contributed by atoms with Crippen molar-refractivity contribution in [2.24, 2.45) is 11.8 Å². The van der Waals surface area contributed by atoms with Crippen molar-refractivity contribution in [3.05, 3.63) is 70.3 Å². The Hall–Kier alpha value is -3.68. The molecule has 2 amide bonds. The summed E-state index contributed by atoms with van der Waals surface area (Å²) in [6, 6.07) is 12.1. The minimum Gasteiger partial charge on any atom is -0.497 e. The zero-order valence-electron chi connectivity index (χ0n) is 17.1. The normalized spacial score (nSPS) is 20.0. The van der Waals surface area contributed by atoms with Crippen LogP contribution in [-0.4, -0.2) is 30.4 Å². The van der Waals surface area contributed by atoms with Gasteiger partial charge in [-0.1, -0.05) is 24.3 Å². The van der Waals surface area contributed by atoms with Crippen LogP contribution in [-0.2, 0) is 16.0 Å². The van der Waals surface area contributed by atoms with Crippen LogP contribution in [0.1, 0.15) is 18.4 Å². The van der Waals surface area contributed by atoms with Gasteiger partial charge in [-0.2, -0.15) is 0 Å². The number of methoxy groups -OCH3 is 1. The number of nitro benzene ring substituents is 1. The molecule has 1 aliphatic heterocycles. The van der Waals surface area contributed by atoms with E-state index < -0.39 is 4.92 Å². The summed E-state index contributed by atoms with van der Waals surface area (Å²) in [5, 5.41) is 14.8. The van der Waals surface area contributed by atoms with E-state index in [0.29, 0.717) is 31.5 Å². The van der Waals surface area contributed by atoms with Gasteiger partial charge < -0.3 is 10.1 Å². The number of allylic oxidation sites excluding steroid dienone is 2. The molecule has 31 heavy (non-hydrogen) atoms. The molecule has 0 bridgehead atoms. The maximum atomic E-state index is 12.8. The number of rotatable bonds is 7. The predicted octanol–water partition coefficient (Wildman–Crippen LogP) is 3.71. The van der Waals surface area contributed by atoms with E-state index in [2.05, 4.69) is 5.32 Å². The van der Waals surface area contributed by atoms with Gasteiger partial charge in [0.2, 0.25) is 11.8 Å². The number of imide groups is 1. The minimum absolute atomic E-state index is 0.170. The van der Waals surface area contributed by atoms with E-state index in [1.165, 1.54) is 6.07 Å². The van der Waals surface area contributed by atoms with Crippen molar-refractivity contribution < 1.29 is 19.2 Å². The molecule has 4 rings (SSSR count). The Labute approximate surface area is 179 Å². The molecule has 1 N–H and O–H groups in total. The lowest BCUT2D eigenvalue weighted by atomic mass is 9.85. The topological polar surface area (TPSA) is 102 Å². The lowest BCUT2D eigenvalue weighted by molar-refractivity contribution is -0.383. The van der Waals surface area contributed by atoms with Crippen LogP contribution in [0.15, 0.2) is 54.6 Å². The van der Waals surface area contributed by atoms with E-state index in [1.54, 1.807) is 19.2 Å². The van der Waals surface area contributed by atoms with Gasteiger partial charge in [-0.3, -0.25) is 19.7 Å². The average Bonchev–Trinajstić information content (AvgIpc) is 3.04. The van der Waals surface area contributed by atoms with Crippen molar-refractivity contribution in [3.8, 4) is 5.75 Å². The first-order chi connectivity index (χ1) is 15.0. The monoisotopic (exact) mass is 421 g/mol. The summed E-state index contributed by atoms with van der Waals surface area (Å²) in [4.78, 5) is 37.8. The molecule has 0 saturated carbocycles. The van der Waals surface area contributed by atoms with Gasteiger partial charge in [0, 0.05) is 12.6 Å². The minimum atomic E-state index is -0.503. The first kappa shape index (κ1) is 20.6. The van der Waals surface area contributed by atoms with Crippen LogP contribution in [0.25, 0.3) is 0 Å². The fourth-order valence-corrected chi connectivity index (χ4v) is 4.18. The number of carbonyl (C=O) groups excluding carboxylic acids is 2. The van der Waals surface area contributed by atoms with Gasteiger partial charge in [-0.25, -0.2) is 4.90 Å². The molecule has 2 unspecified atom stereocenters. The fraction of sp³-hybridized carbons (Fsp3) is 0.304. The Morgan fingerprint density at radius 1 is 1.10 bits per heavy atom. The zero-order valence-corrected chi connectivity index (χ0v) is 17.1. The fourth-order valence-electron chi connectivity index (χ4n) is 4.18. The van der Waals surface area contributed by atoms with Gasteiger partial charge >= 0.3 is 0 Å². The number of ether oxygens (including phenoxy) is 1. The van der Waals surface area contributed by atoms with Crippen molar-refractivity contribution in [2.75, 3.05) is 23.9 Å². The second kappa shape index (κ2) is 8.59. The van der Waals surface area contributed by atoms with Gasteiger partial charge in [-0.05, 0) is 49.1 Å². The Morgan fingerprint density at radius 3 is 2.45 bits per heavy atom. The third-order valence-corrected chi connectivity index (χ3v) is 5.81. The Morgan fingerprint density at radius 2 is 1.81 bits per heavy atom. The highest BCUT2D eigenvalue weighted by molar-refractivity contribution is 6.22. The van der Waals surface area contributed by atoms with Gasteiger partial charge in [0.05, 0.1) is 29.6 Å². The maximum absolute atomic E-state index is 12.8. The first-order valence-corrected chi connectivity index (χ1v) is 10.2. The van der Waals surface area contributed by atoms with Gasteiger partial charge in [0.1, 0.15) is 11.4 Å². The summed E-state index contributed by atoms with van der Waals surface area (Å²) >= 11 is 0. The van der Waals surface area contributed by atoms with Crippen molar-refractivity contribution in [1.29, 1.82) is 0 Å². The number of nitrogens with zero attached hydrogens (tertiary/aromatic N) is 2. The summed E-state index contributed by atoms with van der Waals surface area (Å²) in [6.07, 6.45) is 5.52. The zero-order chi connectivity index (χ0) is 22.0. The molecule has 2 aromatic rings. The molecule has 0 aromatic heterocycles. The number of amides is 2. The quantitative estimate of drug-likeness (QED) is 0.316. The van der Waals surface area contributed by atoms with Crippen LogP contribution in [0, 0.1) is 22.0 Å². The highest BCUT2D eigenvalue weighted by atomic mass is 16.6. The SMILES string of the molecule is COc1cccc(CCNc2ccc(N3C(=O)C4CC=CCC4C3=O)cc2[N+](=O)[O-])c1. The second-order valence-electron chi connectivity index (χ2n) is 7.65. The first-order valence-electron chi connectivity index (χ1n) is 10.2.